The minimum atomic E-state index is 0.225. The van der Waals surface area contributed by atoms with Crippen LogP contribution in [-0.4, -0.2) is 51.7 Å². The van der Waals surface area contributed by atoms with Crippen LogP contribution in [0.25, 0.3) is 0 Å². The minimum absolute atomic E-state index is 0.225. The van der Waals surface area contributed by atoms with Crippen LogP contribution in [0.3, 0.4) is 0 Å². The fourth-order valence-corrected chi connectivity index (χ4v) is 2.09. The summed E-state index contributed by atoms with van der Waals surface area (Å²) in [5, 5.41) is 3.51. The number of hydrogen-bond acceptors (Lipinski definition) is 4. The van der Waals surface area contributed by atoms with Crippen LogP contribution >= 0.6 is 0 Å². The quantitative estimate of drug-likeness (QED) is 0.737. The molecule has 0 saturated carbocycles. The first kappa shape index (κ1) is 11.3. The molecule has 0 radical (unpaired) electrons. The van der Waals surface area contributed by atoms with Gasteiger partial charge >= 0.3 is 0 Å². The molecule has 2 heterocycles. The average Bonchev–Trinajstić information content (AvgIpc) is 2.81. The lowest BCUT2D eigenvalue weighted by Gasteiger charge is -2.26. The van der Waals surface area contributed by atoms with Gasteiger partial charge in [0.25, 0.3) is 0 Å². The van der Waals surface area contributed by atoms with Crippen LogP contribution in [0.15, 0.2) is 0 Å². The first-order valence-corrected chi connectivity index (χ1v) is 5.86. The molecule has 0 amide bonds. The zero-order chi connectivity index (χ0) is 10.5. The number of nitrogens with one attached hydrogen (secondary N) is 1. The monoisotopic (exact) mass is 215 g/mol. The van der Waals surface area contributed by atoms with E-state index >= 15 is 0 Å². The van der Waals surface area contributed by atoms with E-state index in [0.717, 1.165) is 39.6 Å². The van der Waals surface area contributed by atoms with Gasteiger partial charge in [-0.25, -0.2) is 0 Å². The lowest BCUT2D eigenvalue weighted by Crippen LogP contribution is -2.43. The molecule has 4 heteroatoms. The van der Waals surface area contributed by atoms with Crippen molar-refractivity contribution >= 4 is 0 Å². The smallest absolute Gasteiger partial charge is 0.0933 e. The Bertz CT molecular complexity index is 177. The van der Waals surface area contributed by atoms with Gasteiger partial charge < -0.3 is 19.5 Å². The molecule has 2 fully saturated rings. The molecule has 0 aliphatic carbocycles. The third-order valence-corrected chi connectivity index (χ3v) is 3.22. The molecule has 2 saturated heterocycles. The van der Waals surface area contributed by atoms with Gasteiger partial charge in [-0.1, -0.05) is 0 Å². The van der Waals surface area contributed by atoms with E-state index in [2.05, 4.69) is 12.2 Å². The Balaban J connectivity index is 1.63. The average molecular weight is 215 g/mol. The number of hydrogen-bond donors (Lipinski definition) is 1. The van der Waals surface area contributed by atoms with Crippen molar-refractivity contribution in [1.82, 2.24) is 5.32 Å². The van der Waals surface area contributed by atoms with E-state index in [1.165, 1.54) is 6.42 Å². The molecule has 4 nitrogen and oxygen atoms in total. The number of ether oxygens (including phenoxy) is 3. The van der Waals surface area contributed by atoms with E-state index in [-0.39, 0.29) is 6.10 Å². The lowest BCUT2D eigenvalue weighted by molar-refractivity contribution is -0.0873. The topological polar surface area (TPSA) is 39.7 Å². The molecule has 0 spiro atoms. The van der Waals surface area contributed by atoms with Crippen LogP contribution in [0, 0.1) is 5.92 Å². The summed E-state index contributed by atoms with van der Waals surface area (Å²) in [6, 6.07) is 0.512. The predicted octanol–water partition coefficient (Wildman–Crippen LogP) is 0.416. The molecular formula is C11H21NO3. The van der Waals surface area contributed by atoms with Gasteiger partial charge in [0.05, 0.1) is 32.5 Å². The van der Waals surface area contributed by atoms with Crippen molar-refractivity contribution in [2.45, 2.75) is 25.5 Å². The highest BCUT2D eigenvalue weighted by molar-refractivity contribution is 4.77. The molecule has 0 aromatic heterocycles. The summed E-state index contributed by atoms with van der Waals surface area (Å²) < 4.78 is 16.3. The summed E-state index contributed by atoms with van der Waals surface area (Å²) in [5.74, 6) is 0.662. The second-order valence-corrected chi connectivity index (χ2v) is 4.39. The van der Waals surface area contributed by atoms with Gasteiger partial charge in [-0.2, -0.15) is 0 Å². The standard InChI is InChI=1S/C11H21NO3/c1-9(10-2-3-13-7-10)12-6-11-8-14-4-5-15-11/h9-12H,2-8H2,1H3. The van der Waals surface area contributed by atoms with Gasteiger partial charge in [0.15, 0.2) is 0 Å². The Morgan fingerprint density at radius 3 is 2.73 bits per heavy atom. The molecule has 0 aromatic carbocycles. The fourth-order valence-electron chi connectivity index (χ4n) is 2.09. The van der Waals surface area contributed by atoms with E-state index in [4.69, 9.17) is 14.2 Å². The molecule has 3 unspecified atom stereocenters. The second-order valence-electron chi connectivity index (χ2n) is 4.39. The zero-order valence-corrected chi connectivity index (χ0v) is 9.41. The first-order chi connectivity index (χ1) is 7.36. The number of rotatable bonds is 4. The van der Waals surface area contributed by atoms with Crippen molar-refractivity contribution in [2.24, 2.45) is 5.92 Å². The third-order valence-electron chi connectivity index (χ3n) is 3.22. The predicted molar refractivity (Wildman–Crippen MR) is 56.9 cm³/mol. The maximum absolute atomic E-state index is 5.57. The zero-order valence-electron chi connectivity index (χ0n) is 9.41. The highest BCUT2D eigenvalue weighted by atomic mass is 16.6. The van der Waals surface area contributed by atoms with E-state index in [9.17, 15) is 0 Å². The third kappa shape index (κ3) is 3.41. The molecule has 0 bridgehead atoms. The molecule has 15 heavy (non-hydrogen) atoms. The molecule has 2 aliphatic heterocycles. The summed E-state index contributed by atoms with van der Waals surface area (Å²) in [4.78, 5) is 0. The van der Waals surface area contributed by atoms with Crippen molar-refractivity contribution < 1.29 is 14.2 Å². The fraction of sp³-hybridized carbons (Fsp3) is 1.00. The maximum Gasteiger partial charge on any atom is 0.0933 e. The molecule has 3 atom stereocenters. The Hall–Kier alpha value is -0.160. The van der Waals surface area contributed by atoms with Crippen molar-refractivity contribution in [2.75, 3.05) is 39.6 Å². The highest BCUT2D eigenvalue weighted by Crippen LogP contribution is 2.16. The molecule has 2 rings (SSSR count). The molecule has 1 N–H and O–H groups in total. The summed E-state index contributed by atoms with van der Waals surface area (Å²) in [6.45, 7) is 7.12. The molecule has 88 valence electrons. The lowest BCUT2D eigenvalue weighted by atomic mass is 10.0. The highest BCUT2D eigenvalue weighted by Gasteiger charge is 2.23. The van der Waals surface area contributed by atoms with Crippen LogP contribution in [-0.2, 0) is 14.2 Å². The minimum Gasteiger partial charge on any atom is -0.381 e. The van der Waals surface area contributed by atoms with Gasteiger partial charge in [0.2, 0.25) is 0 Å². The normalized spacial score (nSPS) is 34.2. The van der Waals surface area contributed by atoms with Gasteiger partial charge in [0, 0.05) is 19.2 Å². The van der Waals surface area contributed by atoms with Gasteiger partial charge in [0.1, 0.15) is 0 Å². The molecule has 0 aromatic rings. The molecule has 2 aliphatic rings. The van der Waals surface area contributed by atoms with E-state index in [1.807, 2.05) is 0 Å². The van der Waals surface area contributed by atoms with Crippen molar-refractivity contribution in [3.63, 3.8) is 0 Å². The first-order valence-electron chi connectivity index (χ1n) is 5.86. The second kappa shape index (κ2) is 5.80. The van der Waals surface area contributed by atoms with E-state index < -0.39 is 0 Å². The SMILES string of the molecule is CC(NCC1COCCO1)C1CCOC1. The van der Waals surface area contributed by atoms with Crippen LogP contribution in [0.4, 0.5) is 0 Å². The Kier molecular flexibility index (Phi) is 4.38. The van der Waals surface area contributed by atoms with Crippen molar-refractivity contribution in [3.8, 4) is 0 Å². The summed E-state index contributed by atoms with van der Waals surface area (Å²) in [6.07, 6.45) is 1.40. The van der Waals surface area contributed by atoms with Crippen LogP contribution < -0.4 is 5.32 Å². The van der Waals surface area contributed by atoms with Crippen LogP contribution in [0.1, 0.15) is 13.3 Å². The van der Waals surface area contributed by atoms with Crippen LogP contribution in [0.5, 0.6) is 0 Å². The van der Waals surface area contributed by atoms with E-state index in [1.54, 1.807) is 0 Å². The Morgan fingerprint density at radius 2 is 2.07 bits per heavy atom. The van der Waals surface area contributed by atoms with Gasteiger partial charge in [-0.15, -0.1) is 0 Å². The Morgan fingerprint density at radius 1 is 1.20 bits per heavy atom. The summed E-state index contributed by atoms with van der Waals surface area (Å²) in [7, 11) is 0. The maximum atomic E-state index is 5.57. The van der Waals surface area contributed by atoms with Crippen molar-refractivity contribution in [3.05, 3.63) is 0 Å². The van der Waals surface area contributed by atoms with E-state index in [0.29, 0.717) is 12.0 Å². The Labute approximate surface area is 91.3 Å². The van der Waals surface area contributed by atoms with Gasteiger partial charge in [-0.3, -0.25) is 0 Å². The molecular weight excluding hydrogens is 194 g/mol. The largest absolute Gasteiger partial charge is 0.381 e. The van der Waals surface area contributed by atoms with Gasteiger partial charge in [-0.05, 0) is 19.3 Å². The van der Waals surface area contributed by atoms with Crippen molar-refractivity contribution in [1.29, 1.82) is 0 Å². The summed E-state index contributed by atoms with van der Waals surface area (Å²) in [5.41, 5.74) is 0. The van der Waals surface area contributed by atoms with Crippen LogP contribution in [0.2, 0.25) is 0 Å². The summed E-state index contributed by atoms with van der Waals surface area (Å²) >= 11 is 0.